The van der Waals surface area contributed by atoms with E-state index in [2.05, 4.69) is 22.5 Å². The van der Waals surface area contributed by atoms with E-state index < -0.39 is 5.41 Å². The molecule has 0 saturated carbocycles. The first kappa shape index (κ1) is 24.4. The van der Waals surface area contributed by atoms with Crippen molar-refractivity contribution in [3.63, 3.8) is 0 Å². The van der Waals surface area contributed by atoms with Gasteiger partial charge in [0.25, 0.3) is 0 Å². The number of carbonyl (C=O) groups excluding carboxylic acids is 1. The van der Waals surface area contributed by atoms with Gasteiger partial charge in [0.15, 0.2) is 11.5 Å². The molecule has 176 valence electrons. The van der Waals surface area contributed by atoms with E-state index >= 15 is 0 Å². The zero-order valence-electron chi connectivity index (χ0n) is 20.2. The van der Waals surface area contributed by atoms with Gasteiger partial charge in [0.1, 0.15) is 5.82 Å². The third-order valence-corrected chi connectivity index (χ3v) is 5.44. The van der Waals surface area contributed by atoms with Gasteiger partial charge in [-0.2, -0.15) is 0 Å². The number of aryl methyl sites for hydroxylation is 1. The molecular weight excluding hydrogens is 414 g/mol. The second-order valence-corrected chi connectivity index (χ2v) is 9.10. The van der Waals surface area contributed by atoms with E-state index in [1.54, 1.807) is 7.11 Å². The Hall–Kier alpha value is -3.28. The summed E-state index contributed by atoms with van der Waals surface area (Å²) in [5.41, 5.74) is 2.81. The largest absolute Gasteiger partial charge is 0.493 e. The predicted octanol–water partition coefficient (Wildman–Crippen LogP) is 4.95. The summed E-state index contributed by atoms with van der Waals surface area (Å²) in [7, 11) is 1.65. The van der Waals surface area contributed by atoms with E-state index in [0.29, 0.717) is 19.6 Å². The van der Waals surface area contributed by atoms with Crippen LogP contribution in [0.25, 0.3) is 11.0 Å². The normalized spacial score (nSPS) is 11.4. The van der Waals surface area contributed by atoms with Gasteiger partial charge in [-0.05, 0) is 42.7 Å². The second-order valence-electron chi connectivity index (χ2n) is 9.10. The van der Waals surface area contributed by atoms with Crippen LogP contribution in [0.15, 0.2) is 55.1 Å². The second kappa shape index (κ2) is 11.0. The van der Waals surface area contributed by atoms with Crippen LogP contribution >= 0.6 is 0 Å². The number of ether oxygens (including phenoxy) is 2. The van der Waals surface area contributed by atoms with Crippen LogP contribution in [0.1, 0.15) is 38.6 Å². The number of nitrogens with zero attached hydrogens (tertiary/aromatic N) is 2. The molecule has 33 heavy (non-hydrogen) atoms. The van der Waals surface area contributed by atoms with Crippen molar-refractivity contribution in [1.82, 2.24) is 14.9 Å². The first-order valence-electron chi connectivity index (χ1n) is 11.5. The topological polar surface area (TPSA) is 65.4 Å². The van der Waals surface area contributed by atoms with Gasteiger partial charge in [-0.1, -0.05) is 45.0 Å². The zero-order chi connectivity index (χ0) is 23.8. The van der Waals surface area contributed by atoms with Crippen LogP contribution in [0, 0.1) is 5.41 Å². The van der Waals surface area contributed by atoms with Crippen LogP contribution in [0.5, 0.6) is 11.5 Å². The fourth-order valence-corrected chi connectivity index (χ4v) is 3.65. The fourth-order valence-electron chi connectivity index (χ4n) is 3.65. The predicted molar refractivity (Wildman–Crippen MR) is 133 cm³/mol. The minimum atomic E-state index is -0.400. The molecule has 3 aromatic rings. The van der Waals surface area contributed by atoms with Gasteiger partial charge in [0.2, 0.25) is 5.91 Å². The summed E-state index contributed by atoms with van der Waals surface area (Å²) in [6.45, 7) is 11.4. The van der Waals surface area contributed by atoms with Crippen molar-refractivity contribution in [2.24, 2.45) is 5.41 Å². The molecule has 0 atom stereocenters. The average Bonchev–Trinajstić information content (AvgIpc) is 3.14. The van der Waals surface area contributed by atoms with Crippen molar-refractivity contribution < 1.29 is 14.3 Å². The molecule has 0 aliphatic carbocycles. The molecule has 0 aliphatic rings. The Balaban J connectivity index is 1.63. The maximum Gasteiger partial charge on any atom is 0.225 e. The number of benzene rings is 2. The lowest BCUT2D eigenvalue weighted by Crippen LogP contribution is -2.36. The quantitative estimate of drug-likeness (QED) is 0.332. The van der Waals surface area contributed by atoms with Crippen LogP contribution in [-0.2, 0) is 24.2 Å². The number of fused-ring (bicyclic) bond motifs is 1. The molecule has 0 radical (unpaired) electrons. The van der Waals surface area contributed by atoms with Crippen molar-refractivity contribution in [1.29, 1.82) is 0 Å². The SMILES string of the molecule is C=CCc1ccc(OCCCn2c(CCNC(=O)C(C)(C)C)nc3ccccc32)c(OC)c1. The number of rotatable bonds is 11. The minimum absolute atomic E-state index is 0.0478. The number of hydrogen-bond acceptors (Lipinski definition) is 4. The molecule has 1 heterocycles. The van der Waals surface area contributed by atoms with Gasteiger partial charge < -0.3 is 19.4 Å². The van der Waals surface area contributed by atoms with E-state index in [1.165, 1.54) is 0 Å². The average molecular weight is 450 g/mol. The van der Waals surface area contributed by atoms with Gasteiger partial charge in [-0.3, -0.25) is 4.79 Å². The fraction of sp³-hybridized carbons (Fsp3) is 0.407. The van der Waals surface area contributed by atoms with E-state index in [-0.39, 0.29) is 5.91 Å². The molecule has 1 amide bonds. The van der Waals surface area contributed by atoms with Gasteiger partial charge >= 0.3 is 0 Å². The highest BCUT2D eigenvalue weighted by molar-refractivity contribution is 5.81. The molecule has 1 aromatic heterocycles. The van der Waals surface area contributed by atoms with E-state index in [4.69, 9.17) is 14.5 Å². The number of methoxy groups -OCH3 is 1. The molecule has 0 unspecified atom stereocenters. The number of para-hydroxylation sites is 2. The molecule has 2 aromatic carbocycles. The molecule has 6 nitrogen and oxygen atoms in total. The molecular formula is C27H35N3O3. The molecule has 0 spiro atoms. The zero-order valence-corrected chi connectivity index (χ0v) is 20.2. The molecule has 0 saturated heterocycles. The van der Waals surface area contributed by atoms with Crippen LogP contribution < -0.4 is 14.8 Å². The van der Waals surface area contributed by atoms with Gasteiger partial charge in [0.05, 0.1) is 24.8 Å². The number of allylic oxidation sites excluding steroid dienone is 1. The van der Waals surface area contributed by atoms with Gasteiger partial charge in [0, 0.05) is 24.9 Å². The lowest BCUT2D eigenvalue weighted by atomic mass is 9.96. The monoisotopic (exact) mass is 449 g/mol. The Morgan fingerprint density at radius 2 is 1.97 bits per heavy atom. The van der Waals surface area contributed by atoms with Crippen LogP contribution in [-0.4, -0.2) is 35.7 Å². The summed E-state index contributed by atoms with van der Waals surface area (Å²) in [4.78, 5) is 17.0. The van der Waals surface area contributed by atoms with Crippen LogP contribution in [0.3, 0.4) is 0 Å². The van der Waals surface area contributed by atoms with E-state index in [0.717, 1.165) is 53.3 Å². The molecule has 6 heteroatoms. The van der Waals surface area contributed by atoms with E-state index in [9.17, 15) is 4.79 Å². The number of imidazole rings is 1. The van der Waals surface area contributed by atoms with Gasteiger partial charge in [-0.25, -0.2) is 4.98 Å². The number of hydrogen-bond donors (Lipinski definition) is 1. The minimum Gasteiger partial charge on any atom is -0.493 e. The third-order valence-electron chi connectivity index (χ3n) is 5.44. The summed E-state index contributed by atoms with van der Waals surface area (Å²) >= 11 is 0. The molecule has 0 aliphatic heterocycles. The van der Waals surface area contributed by atoms with Crippen molar-refractivity contribution >= 4 is 16.9 Å². The van der Waals surface area contributed by atoms with Crippen LogP contribution in [0.4, 0.5) is 0 Å². The molecule has 1 N–H and O–H groups in total. The maximum atomic E-state index is 12.2. The number of nitrogens with one attached hydrogen (secondary N) is 1. The van der Waals surface area contributed by atoms with Crippen molar-refractivity contribution in [2.75, 3.05) is 20.3 Å². The molecule has 3 rings (SSSR count). The summed E-state index contributed by atoms with van der Waals surface area (Å²) in [6, 6.07) is 14.1. The number of aromatic nitrogens is 2. The van der Waals surface area contributed by atoms with Crippen LogP contribution in [0.2, 0.25) is 0 Å². The highest BCUT2D eigenvalue weighted by Gasteiger charge is 2.20. The highest BCUT2D eigenvalue weighted by Crippen LogP contribution is 2.28. The Morgan fingerprint density at radius 1 is 1.18 bits per heavy atom. The Kier molecular flexibility index (Phi) is 8.15. The Bertz CT molecular complexity index is 1100. The molecule has 0 fully saturated rings. The first-order valence-corrected chi connectivity index (χ1v) is 11.5. The lowest BCUT2D eigenvalue weighted by Gasteiger charge is -2.17. The highest BCUT2D eigenvalue weighted by atomic mass is 16.5. The smallest absolute Gasteiger partial charge is 0.225 e. The summed E-state index contributed by atoms with van der Waals surface area (Å²) < 4.78 is 13.7. The lowest BCUT2D eigenvalue weighted by molar-refractivity contribution is -0.128. The van der Waals surface area contributed by atoms with Gasteiger partial charge in [-0.15, -0.1) is 6.58 Å². The van der Waals surface area contributed by atoms with Crippen molar-refractivity contribution in [3.8, 4) is 11.5 Å². The molecule has 0 bridgehead atoms. The first-order chi connectivity index (χ1) is 15.8. The van der Waals surface area contributed by atoms with Crippen molar-refractivity contribution in [2.45, 2.75) is 46.6 Å². The Morgan fingerprint density at radius 3 is 2.70 bits per heavy atom. The third kappa shape index (κ3) is 6.37. The van der Waals surface area contributed by atoms with E-state index in [1.807, 2.05) is 63.2 Å². The number of carbonyl (C=O) groups is 1. The number of amides is 1. The standard InChI is InChI=1S/C27H35N3O3/c1-6-10-20-13-14-23(24(19-20)32-5)33-18-9-17-30-22-12-8-7-11-21(22)29-25(30)15-16-28-26(31)27(2,3)4/h6-8,11-14,19H,1,9-10,15-18H2,2-5H3,(H,28,31). The summed E-state index contributed by atoms with van der Waals surface area (Å²) in [6.07, 6.45) is 4.16. The summed E-state index contributed by atoms with van der Waals surface area (Å²) in [5, 5.41) is 3.02. The summed E-state index contributed by atoms with van der Waals surface area (Å²) in [5.74, 6) is 2.49. The van der Waals surface area contributed by atoms with Crippen molar-refractivity contribution in [3.05, 3.63) is 66.5 Å². The maximum absolute atomic E-state index is 12.2. The Labute approximate surface area is 196 Å².